The molecule has 172 valence electrons. The zero-order valence-electron chi connectivity index (χ0n) is 18.1. The summed E-state index contributed by atoms with van der Waals surface area (Å²) in [5.41, 5.74) is 1.19. The van der Waals surface area contributed by atoms with Gasteiger partial charge in [0.1, 0.15) is 11.7 Å². The summed E-state index contributed by atoms with van der Waals surface area (Å²) in [5.74, 6) is -1.22. The quantitative estimate of drug-likeness (QED) is 0.473. The molecule has 0 aromatic rings. The van der Waals surface area contributed by atoms with E-state index in [0.717, 1.165) is 0 Å². The van der Waals surface area contributed by atoms with Crippen LogP contribution in [-0.2, 0) is 19.1 Å². The topological polar surface area (TPSA) is 119 Å². The summed E-state index contributed by atoms with van der Waals surface area (Å²) >= 11 is 0. The van der Waals surface area contributed by atoms with Crippen molar-refractivity contribution in [1.29, 1.82) is 0 Å². The van der Waals surface area contributed by atoms with Gasteiger partial charge in [-0.2, -0.15) is 0 Å². The number of carbonyl (C=O) groups excluding carboxylic acids is 3. The zero-order valence-corrected chi connectivity index (χ0v) is 18.1. The molecule has 0 saturated carbocycles. The van der Waals surface area contributed by atoms with E-state index in [4.69, 9.17) is 4.74 Å². The molecular weight excluding hydrogens is 416 g/mol. The molecule has 0 aromatic heterocycles. The van der Waals surface area contributed by atoms with E-state index in [1.54, 1.807) is 17.9 Å². The number of nitrogens with zero attached hydrogens (tertiary/aromatic N) is 3. The van der Waals surface area contributed by atoms with Crippen molar-refractivity contribution in [3.63, 3.8) is 0 Å². The maximum absolute atomic E-state index is 13.1. The van der Waals surface area contributed by atoms with Crippen LogP contribution in [0, 0.1) is 5.92 Å². The number of rotatable bonds is 4. The summed E-state index contributed by atoms with van der Waals surface area (Å²) in [6, 6.07) is -0.303. The highest BCUT2D eigenvalue weighted by atomic mass is 16.6. The molecule has 0 aliphatic carbocycles. The van der Waals surface area contributed by atoms with Crippen molar-refractivity contribution in [2.75, 3.05) is 32.8 Å². The SMILES string of the molecule is CCOC(=O)N1CCC(N2CC/C(=C\C3=C(C(=O)O)N4C(=O)C5NCC(C3)[C@H]54)C2=O)CC1. The van der Waals surface area contributed by atoms with Gasteiger partial charge in [-0.15, -0.1) is 0 Å². The zero-order chi connectivity index (χ0) is 22.6. The van der Waals surface area contributed by atoms with Crippen LogP contribution in [0.5, 0.6) is 0 Å². The number of carboxylic acid groups (broad SMARTS) is 1. The van der Waals surface area contributed by atoms with Crippen LogP contribution in [0.4, 0.5) is 4.79 Å². The second-order valence-electron chi connectivity index (χ2n) is 9.06. The van der Waals surface area contributed by atoms with Crippen LogP contribution in [-0.4, -0.2) is 94.6 Å². The van der Waals surface area contributed by atoms with E-state index in [1.807, 2.05) is 4.90 Å². The van der Waals surface area contributed by atoms with Crippen molar-refractivity contribution < 1.29 is 29.0 Å². The first kappa shape index (κ1) is 21.0. The van der Waals surface area contributed by atoms with Crippen molar-refractivity contribution in [1.82, 2.24) is 20.0 Å². The van der Waals surface area contributed by atoms with Crippen molar-refractivity contribution >= 4 is 23.9 Å². The van der Waals surface area contributed by atoms with E-state index in [2.05, 4.69) is 5.32 Å². The maximum Gasteiger partial charge on any atom is 0.409 e. The van der Waals surface area contributed by atoms with Gasteiger partial charge < -0.3 is 25.0 Å². The van der Waals surface area contributed by atoms with Gasteiger partial charge >= 0.3 is 12.1 Å². The number of hydrogen-bond donors (Lipinski definition) is 2. The molecule has 32 heavy (non-hydrogen) atoms. The molecule has 4 saturated heterocycles. The monoisotopic (exact) mass is 444 g/mol. The fourth-order valence-electron chi connectivity index (χ4n) is 5.85. The molecule has 5 rings (SSSR count). The smallest absolute Gasteiger partial charge is 0.409 e. The van der Waals surface area contributed by atoms with Gasteiger partial charge in [0.2, 0.25) is 11.8 Å². The van der Waals surface area contributed by atoms with E-state index in [0.29, 0.717) is 69.6 Å². The van der Waals surface area contributed by atoms with E-state index < -0.39 is 5.97 Å². The number of hydrogen-bond acceptors (Lipinski definition) is 6. The molecule has 0 spiro atoms. The van der Waals surface area contributed by atoms with Crippen LogP contribution < -0.4 is 5.32 Å². The lowest BCUT2D eigenvalue weighted by molar-refractivity contribution is -0.153. The lowest BCUT2D eigenvalue weighted by atomic mass is 9.79. The molecule has 3 amide bonds. The summed E-state index contributed by atoms with van der Waals surface area (Å²) in [5, 5.41) is 13.0. The highest BCUT2D eigenvalue weighted by Gasteiger charge is 2.59. The highest BCUT2D eigenvalue weighted by molar-refractivity contribution is 6.02. The Kier molecular flexibility index (Phi) is 5.19. The average molecular weight is 444 g/mol. The Morgan fingerprint density at radius 2 is 1.97 bits per heavy atom. The number of carboxylic acids is 1. The normalized spacial score (nSPS) is 31.3. The molecule has 5 heterocycles. The van der Waals surface area contributed by atoms with Crippen molar-refractivity contribution in [2.24, 2.45) is 5.92 Å². The number of allylic oxidation sites excluding steroid dienone is 2. The second kappa shape index (κ2) is 7.91. The number of likely N-dealkylation sites (tertiary alicyclic amines) is 2. The Balaban J connectivity index is 1.31. The molecule has 4 fully saturated rings. The average Bonchev–Trinajstić information content (AvgIpc) is 3.35. The number of ether oxygens (including phenoxy) is 1. The minimum Gasteiger partial charge on any atom is -0.477 e. The molecule has 2 unspecified atom stereocenters. The molecule has 0 aromatic carbocycles. The summed E-state index contributed by atoms with van der Waals surface area (Å²) in [7, 11) is 0. The molecule has 0 radical (unpaired) electrons. The molecule has 0 bridgehead atoms. The molecule has 10 nitrogen and oxygen atoms in total. The van der Waals surface area contributed by atoms with Crippen LogP contribution in [0.3, 0.4) is 0 Å². The third kappa shape index (κ3) is 3.19. The lowest BCUT2D eigenvalue weighted by Gasteiger charge is -2.48. The van der Waals surface area contributed by atoms with Crippen LogP contribution in [0.2, 0.25) is 0 Å². The van der Waals surface area contributed by atoms with Crippen LogP contribution >= 0.6 is 0 Å². The first-order chi connectivity index (χ1) is 15.4. The van der Waals surface area contributed by atoms with E-state index in [9.17, 15) is 24.3 Å². The van der Waals surface area contributed by atoms with Crippen molar-refractivity contribution in [3.8, 4) is 0 Å². The standard InChI is InChI=1S/C22H28N4O6/c1-2-32-22(31)24-6-4-15(5-7-24)25-8-3-12(19(25)27)9-13-10-14-11-23-16-17(14)26(20(16)28)18(13)21(29)30/h9,14-17,23H,2-8,10-11H2,1H3,(H,29,30)/b12-9+/t14?,16?,17-/m1/s1. The van der Waals surface area contributed by atoms with Crippen molar-refractivity contribution in [2.45, 2.75) is 50.7 Å². The predicted molar refractivity (Wildman–Crippen MR) is 111 cm³/mol. The second-order valence-corrected chi connectivity index (χ2v) is 9.06. The number of piperidine rings is 1. The van der Waals surface area contributed by atoms with Crippen LogP contribution in [0.1, 0.15) is 32.6 Å². The fraction of sp³-hybridized carbons (Fsp3) is 0.636. The number of β-lactam (4-membered cyclic amide) rings is 1. The summed E-state index contributed by atoms with van der Waals surface area (Å²) in [4.78, 5) is 54.4. The number of carbonyl (C=O) groups is 4. The highest BCUT2D eigenvalue weighted by Crippen LogP contribution is 2.44. The first-order valence-electron chi connectivity index (χ1n) is 11.4. The summed E-state index contributed by atoms with van der Waals surface area (Å²) < 4.78 is 5.06. The Labute approximate surface area is 185 Å². The van der Waals surface area contributed by atoms with E-state index >= 15 is 0 Å². The molecule has 2 N–H and O–H groups in total. The molecule has 10 heteroatoms. The predicted octanol–water partition coefficient (Wildman–Crippen LogP) is 0.307. The third-order valence-corrected chi connectivity index (χ3v) is 7.39. The van der Waals surface area contributed by atoms with E-state index in [1.165, 1.54) is 4.90 Å². The van der Waals surface area contributed by atoms with Gasteiger partial charge in [0.25, 0.3) is 0 Å². The van der Waals surface area contributed by atoms with Gasteiger partial charge in [-0.3, -0.25) is 14.5 Å². The molecular formula is C22H28N4O6. The Bertz CT molecular complexity index is 935. The molecule has 5 aliphatic heterocycles. The largest absolute Gasteiger partial charge is 0.477 e. The Morgan fingerprint density at radius 1 is 1.22 bits per heavy atom. The minimum absolute atomic E-state index is 0.0256. The van der Waals surface area contributed by atoms with Crippen LogP contribution in [0.25, 0.3) is 0 Å². The summed E-state index contributed by atoms with van der Waals surface area (Å²) in [6.45, 7) is 4.48. The minimum atomic E-state index is -1.12. The summed E-state index contributed by atoms with van der Waals surface area (Å²) in [6.07, 6.45) is 3.89. The van der Waals surface area contributed by atoms with Gasteiger partial charge in [0.15, 0.2) is 0 Å². The first-order valence-corrected chi connectivity index (χ1v) is 11.4. The molecule has 5 aliphatic rings. The van der Waals surface area contributed by atoms with Gasteiger partial charge in [-0.25, -0.2) is 9.59 Å². The lowest BCUT2D eigenvalue weighted by Crippen LogP contribution is -2.68. The number of nitrogens with one attached hydrogen (secondary N) is 1. The fourth-order valence-corrected chi connectivity index (χ4v) is 5.85. The van der Waals surface area contributed by atoms with Gasteiger partial charge in [0.05, 0.1) is 12.6 Å². The van der Waals surface area contributed by atoms with Crippen molar-refractivity contribution in [3.05, 3.63) is 22.9 Å². The van der Waals surface area contributed by atoms with E-state index in [-0.39, 0.29) is 47.6 Å². The molecule has 3 atom stereocenters. The number of aliphatic carboxylic acids is 1. The van der Waals surface area contributed by atoms with Crippen LogP contribution in [0.15, 0.2) is 22.9 Å². The van der Waals surface area contributed by atoms with Gasteiger partial charge in [0, 0.05) is 37.8 Å². The Hall–Kier alpha value is -2.88. The number of amides is 3. The maximum atomic E-state index is 13.1. The van der Waals surface area contributed by atoms with Gasteiger partial charge in [-0.05, 0) is 50.2 Å². The Morgan fingerprint density at radius 3 is 2.66 bits per heavy atom. The third-order valence-electron chi connectivity index (χ3n) is 7.39. The van der Waals surface area contributed by atoms with Gasteiger partial charge in [-0.1, -0.05) is 0 Å².